The molecule has 0 aromatic carbocycles. The largest absolute Gasteiger partial charge is 0.369 e. The van der Waals surface area contributed by atoms with E-state index in [1.807, 2.05) is 0 Å². The molecule has 0 rings (SSSR count). The summed E-state index contributed by atoms with van der Waals surface area (Å²) in [6.45, 7) is 0. The molecule has 1 nitrogen and oxygen atoms in total. The van der Waals surface area contributed by atoms with E-state index in [4.69, 9.17) is 0 Å². The molecule has 1 atom stereocenters. The van der Waals surface area contributed by atoms with Crippen LogP contribution in [0.1, 0.15) is 7.43 Å². The lowest BCUT2D eigenvalue weighted by Crippen LogP contribution is -1.37. The molecule has 0 aliphatic rings. The fraction of sp³-hybridized carbons (Fsp3) is 1.00. The zero-order chi connectivity index (χ0) is 2.71. The Morgan fingerprint density at radius 1 is 1.75 bits per heavy atom. The molecule has 0 N–H and O–H groups in total. The van der Waals surface area contributed by atoms with E-state index in [-0.39, 0.29) is 7.43 Å². The van der Waals surface area contributed by atoms with E-state index in [2.05, 4.69) is 14.0 Å². The Morgan fingerprint density at radius 2 is 1.75 bits per heavy atom. The first-order chi connectivity index (χ1) is 1.41. The van der Waals surface area contributed by atoms with Gasteiger partial charge in [-0.25, -0.2) is 0 Å². The highest BCUT2D eigenvalue weighted by atomic mass is 31.0. The monoisotopic (exact) mass is 80.0 g/mol. The van der Waals surface area contributed by atoms with E-state index in [0.29, 0.717) is 0 Å². The maximum absolute atomic E-state index is 4.17. The Bertz CT molecular complexity index is 6.00. The van der Waals surface area contributed by atoms with Crippen molar-refractivity contribution in [3.63, 3.8) is 0 Å². The van der Waals surface area contributed by atoms with Gasteiger partial charge in [-0.1, -0.05) is 7.43 Å². The second-order valence-electron chi connectivity index (χ2n) is 0.236. The van der Waals surface area contributed by atoms with Gasteiger partial charge in [0.2, 0.25) is 0 Å². The summed E-state index contributed by atoms with van der Waals surface area (Å²) in [5, 5.41) is 0. The first-order valence-electron chi connectivity index (χ1n) is 0.644. The first-order valence-corrected chi connectivity index (χ1v) is 1.12. The summed E-state index contributed by atoms with van der Waals surface area (Å²) in [7, 11) is 3.67. The number of hydrogen-bond acceptors (Lipinski definition) is 1. The van der Waals surface area contributed by atoms with Crippen LogP contribution >= 0.6 is 9.47 Å². The second-order valence-corrected chi connectivity index (χ2v) is 0.707. The standard InChI is InChI=1S/CH5OP.CH4/c1-2-3;/h3H2,1H3;1H4. The summed E-state index contributed by atoms with van der Waals surface area (Å²) in [5.74, 6) is 0. The third kappa shape index (κ3) is 30.4. The van der Waals surface area contributed by atoms with Crippen LogP contribution in [0.4, 0.5) is 0 Å². The van der Waals surface area contributed by atoms with Gasteiger partial charge >= 0.3 is 0 Å². The van der Waals surface area contributed by atoms with Crippen molar-refractivity contribution in [3.05, 3.63) is 0 Å². The Kier molecular flexibility index (Phi) is 22.1. The van der Waals surface area contributed by atoms with Gasteiger partial charge in [-0.3, -0.25) is 0 Å². The van der Waals surface area contributed by atoms with Gasteiger partial charge in [0.15, 0.2) is 0 Å². The maximum atomic E-state index is 4.17. The summed E-state index contributed by atoms with van der Waals surface area (Å²) in [4.78, 5) is 0. The van der Waals surface area contributed by atoms with Gasteiger partial charge in [0.05, 0.1) is 0 Å². The Hall–Kier alpha value is 0.390. The molecule has 0 amide bonds. The van der Waals surface area contributed by atoms with Crippen molar-refractivity contribution in [3.8, 4) is 0 Å². The van der Waals surface area contributed by atoms with Crippen molar-refractivity contribution in [2.45, 2.75) is 7.43 Å². The average molecular weight is 80.1 g/mol. The van der Waals surface area contributed by atoms with Gasteiger partial charge in [-0.15, -0.1) is 0 Å². The molecule has 4 heavy (non-hydrogen) atoms. The summed E-state index contributed by atoms with van der Waals surface area (Å²) >= 11 is 0. The molecule has 0 fully saturated rings. The summed E-state index contributed by atoms with van der Waals surface area (Å²) in [5.41, 5.74) is 0. The SMILES string of the molecule is C.COP. The van der Waals surface area contributed by atoms with Crippen LogP contribution in [0.3, 0.4) is 0 Å². The highest BCUT2D eigenvalue weighted by molar-refractivity contribution is 7.09. The van der Waals surface area contributed by atoms with E-state index in [0.717, 1.165) is 0 Å². The average Bonchev–Trinajstić information content (AvgIpc) is 0.918. The molecular weight excluding hydrogens is 71.0 g/mol. The number of hydrogen-bond donors (Lipinski definition) is 0. The molecular formula is C2H9OP. The molecule has 0 saturated heterocycles. The molecule has 0 aromatic heterocycles. The third-order valence-electron chi connectivity index (χ3n) is 0. The normalized spacial score (nSPS) is 4.50. The lowest BCUT2D eigenvalue weighted by atomic mass is 11.8. The second kappa shape index (κ2) is 10.0. The zero-order valence-corrected chi connectivity index (χ0v) is 3.14. The lowest BCUT2D eigenvalue weighted by molar-refractivity contribution is 0.488. The summed E-state index contributed by atoms with van der Waals surface area (Å²) in [6.07, 6.45) is 0. The Labute approximate surface area is 29.6 Å². The van der Waals surface area contributed by atoms with Gasteiger partial charge in [-0.05, 0) is 9.47 Å². The predicted molar refractivity (Wildman–Crippen MR) is 23.4 cm³/mol. The summed E-state index contributed by atoms with van der Waals surface area (Å²) < 4.78 is 4.17. The minimum Gasteiger partial charge on any atom is -0.369 e. The highest BCUT2D eigenvalue weighted by Gasteiger charge is 1.25. The molecule has 0 aliphatic carbocycles. The highest BCUT2D eigenvalue weighted by Crippen LogP contribution is 1.68. The van der Waals surface area contributed by atoms with Crippen molar-refractivity contribution in [2.75, 3.05) is 7.11 Å². The van der Waals surface area contributed by atoms with Crippen LogP contribution in [0.5, 0.6) is 0 Å². The van der Waals surface area contributed by atoms with Gasteiger partial charge < -0.3 is 4.52 Å². The lowest BCUT2D eigenvalue weighted by Gasteiger charge is -1.60. The minimum absolute atomic E-state index is 0. The van der Waals surface area contributed by atoms with Crippen LogP contribution in [-0.2, 0) is 4.52 Å². The van der Waals surface area contributed by atoms with E-state index in [1.165, 1.54) is 0 Å². The Balaban J connectivity index is 0. The van der Waals surface area contributed by atoms with Gasteiger partial charge in [0.1, 0.15) is 0 Å². The molecule has 0 heterocycles. The third-order valence-corrected chi connectivity index (χ3v) is 0. The fourth-order valence-electron chi connectivity index (χ4n) is 0. The quantitative estimate of drug-likeness (QED) is 0.395. The van der Waals surface area contributed by atoms with Gasteiger partial charge in [0.25, 0.3) is 0 Å². The molecule has 28 valence electrons. The van der Waals surface area contributed by atoms with Gasteiger partial charge in [0, 0.05) is 7.11 Å². The van der Waals surface area contributed by atoms with E-state index in [1.54, 1.807) is 7.11 Å². The van der Waals surface area contributed by atoms with Crippen LogP contribution in [0.15, 0.2) is 0 Å². The molecule has 0 aromatic rings. The van der Waals surface area contributed by atoms with E-state index < -0.39 is 0 Å². The van der Waals surface area contributed by atoms with E-state index >= 15 is 0 Å². The van der Waals surface area contributed by atoms with Crippen LogP contribution in [0.2, 0.25) is 0 Å². The van der Waals surface area contributed by atoms with Gasteiger partial charge in [-0.2, -0.15) is 0 Å². The molecule has 0 spiro atoms. The predicted octanol–water partition coefficient (Wildman–Crippen LogP) is 1.06. The van der Waals surface area contributed by atoms with E-state index in [9.17, 15) is 0 Å². The topological polar surface area (TPSA) is 9.23 Å². The van der Waals surface area contributed by atoms with Crippen LogP contribution in [0.25, 0.3) is 0 Å². The fourth-order valence-corrected chi connectivity index (χ4v) is 0. The summed E-state index contributed by atoms with van der Waals surface area (Å²) in [6, 6.07) is 0. The van der Waals surface area contributed by atoms with Crippen molar-refractivity contribution < 1.29 is 4.52 Å². The van der Waals surface area contributed by atoms with Crippen LogP contribution < -0.4 is 0 Å². The smallest absolute Gasteiger partial charge is 0.0391 e. The maximum Gasteiger partial charge on any atom is 0.0391 e. The molecule has 1 unspecified atom stereocenters. The number of rotatable bonds is 0. The van der Waals surface area contributed by atoms with Crippen molar-refractivity contribution >= 4 is 9.47 Å². The minimum atomic E-state index is 0. The molecule has 0 radical (unpaired) electrons. The molecule has 2 heteroatoms. The van der Waals surface area contributed by atoms with Crippen molar-refractivity contribution in [1.82, 2.24) is 0 Å². The molecule has 0 bridgehead atoms. The zero-order valence-electron chi connectivity index (χ0n) is 1.99. The molecule has 0 aliphatic heterocycles. The van der Waals surface area contributed by atoms with Crippen molar-refractivity contribution in [1.29, 1.82) is 0 Å². The Morgan fingerprint density at radius 3 is 1.75 bits per heavy atom. The van der Waals surface area contributed by atoms with Crippen LogP contribution in [0, 0.1) is 0 Å². The van der Waals surface area contributed by atoms with Crippen molar-refractivity contribution in [2.24, 2.45) is 0 Å². The first kappa shape index (κ1) is 8.83. The molecule has 0 saturated carbocycles. The van der Waals surface area contributed by atoms with Crippen LogP contribution in [-0.4, -0.2) is 7.11 Å².